The Labute approximate surface area is 174 Å². The molecule has 3 aromatic heterocycles. The number of pyridine rings is 2. The zero-order valence-corrected chi connectivity index (χ0v) is 19.4. The highest BCUT2D eigenvalue weighted by Gasteiger charge is 2.46. The molecule has 0 unspecified atom stereocenters. The Bertz CT molecular complexity index is 949. The summed E-state index contributed by atoms with van der Waals surface area (Å²) in [6.07, 6.45) is 10.3. The number of hydrogen-bond donors (Lipinski definition) is 0. The Kier molecular flexibility index (Phi) is 6.11. The van der Waals surface area contributed by atoms with Gasteiger partial charge in [0, 0.05) is 29.5 Å². The molecule has 3 heterocycles. The van der Waals surface area contributed by atoms with Crippen LogP contribution in [0.5, 0.6) is 0 Å². The molecule has 0 aliphatic heterocycles. The lowest BCUT2D eigenvalue weighted by Gasteiger charge is -2.44. The molecule has 0 aromatic carbocycles. The third-order valence-corrected chi connectivity index (χ3v) is 12.9. The van der Waals surface area contributed by atoms with Crippen molar-refractivity contribution in [2.45, 2.75) is 58.2 Å². The van der Waals surface area contributed by atoms with Gasteiger partial charge in [0.05, 0.1) is 0 Å². The van der Waals surface area contributed by atoms with Crippen LogP contribution in [0.1, 0.15) is 52.7 Å². The minimum Gasteiger partial charge on any atom is -0.358 e. The number of hydrogen-bond acceptors (Lipinski definition) is 2. The molecule has 0 aliphatic carbocycles. The first-order valence-electron chi connectivity index (χ1n) is 10.0. The predicted octanol–water partition coefficient (Wildman–Crippen LogP) is 7.28. The van der Waals surface area contributed by atoms with Crippen LogP contribution in [-0.2, 0) is 0 Å². The summed E-state index contributed by atoms with van der Waals surface area (Å²) in [6, 6.07) is 8.01. The van der Waals surface area contributed by atoms with Crippen LogP contribution in [0.4, 0.5) is 0 Å². The van der Waals surface area contributed by atoms with E-state index in [-0.39, 0.29) is 0 Å². The molecule has 0 amide bonds. The SMILES string of the molecule is CC(C)[Si](C(C)C)(C(C)C)n1cc(/C=C\c2ccc(Cl)nc2)c2cccnc21. The highest BCUT2D eigenvalue weighted by Crippen LogP contribution is 2.44. The molecule has 0 atom stereocenters. The minimum absolute atomic E-state index is 0.513. The molecule has 0 bridgehead atoms. The Morgan fingerprint density at radius 3 is 2.18 bits per heavy atom. The Balaban J connectivity index is 2.19. The van der Waals surface area contributed by atoms with Gasteiger partial charge in [-0.05, 0) is 40.4 Å². The van der Waals surface area contributed by atoms with Crippen molar-refractivity contribution in [1.82, 2.24) is 14.2 Å². The molecule has 0 aliphatic rings. The van der Waals surface area contributed by atoms with Crippen LogP contribution in [0.2, 0.25) is 21.8 Å². The lowest BCUT2D eigenvalue weighted by Crippen LogP contribution is -2.51. The molecule has 0 radical (unpaired) electrons. The van der Waals surface area contributed by atoms with Gasteiger partial charge in [-0.1, -0.05) is 71.4 Å². The Morgan fingerprint density at radius 1 is 0.929 bits per heavy atom. The first-order chi connectivity index (χ1) is 13.3. The smallest absolute Gasteiger partial charge is 0.171 e. The van der Waals surface area contributed by atoms with Crippen LogP contribution >= 0.6 is 11.6 Å². The van der Waals surface area contributed by atoms with Crippen molar-refractivity contribution < 1.29 is 0 Å². The van der Waals surface area contributed by atoms with Crippen LogP contribution in [0.25, 0.3) is 23.2 Å². The van der Waals surface area contributed by atoms with Gasteiger partial charge in [0.25, 0.3) is 0 Å². The van der Waals surface area contributed by atoms with Gasteiger partial charge in [-0.25, -0.2) is 9.97 Å². The summed E-state index contributed by atoms with van der Waals surface area (Å²) in [7, 11) is -1.87. The first-order valence-corrected chi connectivity index (χ1v) is 12.6. The fourth-order valence-electron chi connectivity index (χ4n) is 5.02. The van der Waals surface area contributed by atoms with Gasteiger partial charge in [-0.3, -0.25) is 0 Å². The van der Waals surface area contributed by atoms with E-state index in [0.717, 1.165) is 11.2 Å². The first kappa shape index (κ1) is 20.8. The van der Waals surface area contributed by atoms with Gasteiger partial charge in [0.15, 0.2) is 8.24 Å². The molecule has 5 heteroatoms. The second-order valence-corrected chi connectivity index (χ2v) is 14.5. The minimum atomic E-state index is -1.87. The summed E-state index contributed by atoms with van der Waals surface area (Å²) in [5.41, 5.74) is 5.19. The highest BCUT2D eigenvalue weighted by atomic mass is 35.5. The van der Waals surface area contributed by atoms with Crippen molar-refractivity contribution in [2.75, 3.05) is 0 Å². The molecule has 148 valence electrons. The van der Waals surface area contributed by atoms with Crippen LogP contribution in [0.15, 0.2) is 42.9 Å². The third kappa shape index (κ3) is 3.56. The van der Waals surface area contributed by atoms with E-state index >= 15 is 0 Å². The van der Waals surface area contributed by atoms with E-state index in [1.54, 1.807) is 6.20 Å². The van der Waals surface area contributed by atoms with E-state index in [4.69, 9.17) is 16.6 Å². The van der Waals surface area contributed by atoms with Crippen molar-refractivity contribution >= 4 is 43.0 Å². The molecular weight excluding hydrogens is 382 g/mol. The third-order valence-electron chi connectivity index (χ3n) is 5.99. The van der Waals surface area contributed by atoms with Crippen LogP contribution in [0.3, 0.4) is 0 Å². The normalized spacial score (nSPS) is 12.9. The molecule has 0 fully saturated rings. The molecular formula is C23H30ClN3Si. The fourth-order valence-corrected chi connectivity index (χ4v) is 11.7. The lowest BCUT2D eigenvalue weighted by atomic mass is 10.2. The van der Waals surface area contributed by atoms with E-state index in [0.29, 0.717) is 21.8 Å². The molecule has 0 saturated carbocycles. The monoisotopic (exact) mass is 411 g/mol. The zero-order chi connectivity index (χ0) is 20.5. The molecule has 28 heavy (non-hydrogen) atoms. The number of nitrogens with zero attached hydrogens (tertiary/aromatic N) is 3. The van der Waals surface area contributed by atoms with Crippen molar-refractivity contribution in [1.29, 1.82) is 0 Å². The average molecular weight is 412 g/mol. The maximum atomic E-state index is 5.91. The van der Waals surface area contributed by atoms with E-state index in [1.807, 2.05) is 24.4 Å². The summed E-state index contributed by atoms with van der Waals surface area (Å²) < 4.78 is 2.57. The lowest BCUT2D eigenvalue weighted by molar-refractivity contribution is 0.770. The summed E-state index contributed by atoms with van der Waals surface area (Å²) in [5.74, 6) is 0. The molecule has 0 saturated heterocycles. The number of aromatic nitrogens is 3. The number of halogens is 1. The standard InChI is InChI=1S/C23H30ClN3Si/c1-16(2)28(17(3)4,18(5)6)27-15-20(21-8-7-13-25-23(21)27)11-9-19-10-12-22(24)26-14-19/h7-18H,1-6H3/b11-9-. The predicted molar refractivity (Wildman–Crippen MR) is 124 cm³/mol. The molecule has 3 aromatic rings. The highest BCUT2D eigenvalue weighted by molar-refractivity contribution is 6.82. The van der Waals surface area contributed by atoms with E-state index in [2.05, 4.69) is 75.2 Å². The Hall–Kier alpha value is -1.91. The van der Waals surface area contributed by atoms with Crippen LogP contribution in [0, 0.1) is 0 Å². The van der Waals surface area contributed by atoms with Crippen LogP contribution in [-0.4, -0.2) is 22.4 Å². The van der Waals surface area contributed by atoms with Crippen molar-refractivity contribution in [3.8, 4) is 0 Å². The maximum absolute atomic E-state index is 5.91. The summed E-state index contributed by atoms with van der Waals surface area (Å²) in [5, 5.41) is 1.72. The van der Waals surface area contributed by atoms with Crippen molar-refractivity contribution in [3.63, 3.8) is 0 Å². The largest absolute Gasteiger partial charge is 0.358 e. The molecule has 0 spiro atoms. The number of rotatable bonds is 6. The van der Waals surface area contributed by atoms with Gasteiger partial charge in [0.2, 0.25) is 0 Å². The molecule has 3 nitrogen and oxygen atoms in total. The quantitative estimate of drug-likeness (QED) is 0.315. The van der Waals surface area contributed by atoms with E-state index in [9.17, 15) is 0 Å². The summed E-state index contributed by atoms with van der Waals surface area (Å²) in [6.45, 7) is 14.3. The second-order valence-electron chi connectivity index (χ2n) is 8.43. The van der Waals surface area contributed by atoms with Gasteiger partial charge in [-0.15, -0.1) is 0 Å². The van der Waals surface area contributed by atoms with Crippen LogP contribution < -0.4 is 0 Å². The summed E-state index contributed by atoms with van der Waals surface area (Å²) >= 11 is 5.91. The van der Waals surface area contributed by atoms with Gasteiger partial charge in [0.1, 0.15) is 10.8 Å². The van der Waals surface area contributed by atoms with Gasteiger partial charge < -0.3 is 4.23 Å². The van der Waals surface area contributed by atoms with Gasteiger partial charge in [-0.2, -0.15) is 0 Å². The van der Waals surface area contributed by atoms with E-state index in [1.165, 1.54) is 10.9 Å². The second kappa shape index (κ2) is 8.22. The van der Waals surface area contributed by atoms with Crippen molar-refractivity contribution in [3.05, 3.63) is 59.1 Å². The maximum Gasteiger partial charge on any atom is 0.171 e. The molecule has 3 rings (SSSR count). The zero-order valence-electron chi connectivity index (χ0n) is 17.6. The van der Waals surface area contributed by atoms with Gasteiger partial charge >= 0.3 is 0 Å². The molecule has 0 N–H and O–H groups in total. The fraction of sp³-hybridized carbons (Fsp3) is 0.391. The van der Waals surface area contributed by atoms with Crippen molar-refractivity contribution in [2.24, 2.45) is 0 Å². The number of fused-ring (bicyclic) bond motifs is 1. The average Bonchev–Trinajstić information content (AvgIpc) is 3.00. The Morgan fingerprint density at radius 2 is 1.61 bits per heavy atom. The summed E-state index contributed by atoms with van der Waals surface area (Å²) in [4.78, 5) is 8.99. The topological polar surface area (TPSA) is 30.7 Å². The van der Waals surface area contributed by atoms with E-state index < -0.39 is 8.24 Å².